The highest BCUT2D eigenvalue weighted by molar-refractivity contribution is 6.31. The van der Waals surface area contributed by atoms with E-state index in [4.69, 9.17) is 16.3 Å². The molecule has 0 fully saturated rings. The summed E-state index contributed by atoms with van der Waals surface area (Å²) >= 11 is 6.36. The average molecular weight is 522 g/mol. The van der Waals surface area contributed by atoms with Crippen molar-refractivity contribution < 1.29 is 27.1 Å². The molecule has 0 saturated heterocycles. The maximum Gasteiger partial charge on any atom is 0.412 e. The molecule has 10 heteroatoms. The van der Waals surface area contributed by atoms with Crippen LogP contribution < -0.4 is 10.6 Å². The van der Waals surface area contributed by atoms with Crippen LogP contribution in [-0.4, -0.2) is 29.4 Å². The Morgan fingerprint density at radius 3 is 2.72 bits per heavy atom. The van der Waals surface area contributed by atoms with E-state index in [0.29, 0.717) is 39.7 Å². The van der Waals surface area contributed by atoms with E-state index in [1.165, 1.54) is 18.2 Å². The minimum Gasteiger partial charge on any atom is -0.362 e. The third-order valence-electron chi connectivity index (χ3n) is 6.34. The van der Waals surface area contributed by atoms with Crippen LogP contribution in [0.4, 0.5) is 23.2 Å². The molecule has 1 amide bonds. The van der Waals surface area contributed by atoms with Gasteiger partial charge in [0.05, 0.1) is 22.7 Å². The van der Waals surface area contributed by atoms with Crippen molar-refractivity contribution >= 4 is 34.1 Å². The van der Waals surface area contributed by atoms with Crippen LogP contribution in [0.3, 0.4) is 0 Å². The lowest BCUT2D eigenvalue weighted by atomic mass is 9.93. The lowest BCUT2D eigenvalue weighted by Crippen LogP contribution is -2.30. The quantitative estimate of drug-likeness (QED) is 0.201. The molecule has 2 unspecified atom stereocenters. The smallest absolute Gasteiger partial charge is 0.362 e. The normalized spacial score (nSPS) is 17.6. The highest BCUT2D eigenvalue weighted by Gasteiger charge is 2.36. The van der Waals surface area contributed by atoms with Gasteiger partial charge in [0.1, 0.15) is 12.5 Å². The van der Waals surface area contributed by atoms with E-state index in [1.807, 2.05) is 0 Å². The molecule has 2 heterocycles. The number of allylic oxidation sites excluding steroid dienone is 1. The van der Waals surface area contributed by atoms with Gasteiger partial charge in [-0.25, -0.2) is 4.39 Å². The minimum atomic E-state index is -4.46. The van der Waals surface area contributed by atoms with Crippen LogP contribution in [-0.2, 0) is 4.74 Å². The van der Waals surface area contributed by atoms with Crippen LogP contribution in [0.5, 0.6) is 0 Å². The Bertz CT molecular complexity index is 1360. The van der Waals surface area contributed by atoms with Crippen LogP contribution in [0.2, 0.25) is 5.02 Å². The predicted octanol–water partition coefficient (Wildman–Crippen LogP) is 6.92. The second-order valence-corrected chi connectivity index (χ2v) is 9.22. The fraction of sp³-hybridized carbons (Fsp3) is 0.308. The van der Waals surface area contributed by atoms with Crippen molar-refractivity contribution in [3.05, 3.63) is 81.8 Å². The number of hydrogen-bond donors (Lipinski definition) is 2. The maximum atomic E-state index is 14.1. The lowest BCUT2D eigenvalue weighted by Gasteiger charge is -2.27. The van der Waals surface area contributed by atoms with Crippen molar-refractivity contribution in [3.63, 3.8) is 0 Å². The molecule has 5 nitrogen and oxygen atoms in total. The molecule has 4 rings (SSSR count). The summed E-state index contributed by atoms with van der Waals surface area (Å²) < 4.78 is 59.2. The van der Waals surface area contributed by atoms with Gasteiger partial charge in [-0.1, -0.05) is 24.6 Å². The van der Waals surface area contributed by atoms with E-state index in [1.54, 1.807) is 38.2 Å². The van der Waals surface area contributed by atoms with Crippen molar-refractivity contribution in [2.24, 2.45) is 0 Å². The van der Waals surface area contributed by atoms with Crippen LogP contribution in [0.1, 0.15) is 54.7 Å². The lowest BCUT2D eigenvalue weighted by molar-refractivity contribution is -0.0940. The number of halogens is 5. The van der Waals surface area contributed by atoms with E-state index in [-0.39, 0.29) is 17.7 Å². The van der Waals surface area contributed by atoms with Crippen LogP contribution in [0, 0.1) is 5.82 Å². The molecular weight excluding hydrogens is 498 g/mol. The van der Waals surface area contributed by atoms with Crippen molar-refractivity contribution in [1.29, 1.82) is 0 Å². The molecule has 1 aromatic heterocycles. The number of ether oxygens (including phenoxy) is 1. The van der Waals surface area contributed by atoms with Gasteiger partial charge in [-0.05, 0) is 56.7 Å². The molecule has 1 aliphatic rings. The van der Waals surface area contributed by atoms with Crippen molar-refractivity contribution in [3.8, 4) is 0 Å². The second-order valence-electron chi connectivity index (χ2n) is 8.81. The summed E-state index contributed by atoms with van der Waals surface area (Å²) in [7, 11) is 0. The fourth-order valence-corrected chi connectivity index (χ4v) is 4.46. The number of rotatable bonds is 7. The molecule has 2 N–H and O–H groups in total. The largest absolute Gasteiger partial charge is 0.412 e. The van der Waals surface area contributed by atoms with Crippen LogP contribution in [0.15, 0.2) is 54.2 Å². The maximum absolute atomic E-state index is 14.1. The Labute approximate surface area is 210 Å². The number of carbonyl (C=O) groups excluding carboxylic acids is 1. The van der Waals surface area contributed by atoms with E-state index in [0.717, 1.165) is 13.0 Å². The van der Waals surface area contributed by atoms with E-state index in [2.05, 4.69) is 15.6 Å². The number of aromatic nitrogens is 1. The first-order valence-electron chi connectivity index (χ1n) is 11.3. The SMILES string of the molecule is CCC(C)(/C=C(\C)C(F)(F)F)OCNc1cc2ncccc2c2c1C(c1cc(F)ccc1Cl)NC2=O. The van der Waals surface area contributed by atoms with Gasteiger partial charge in [-0.3, -0.25) is 9.78 Å². The van der Waals surface area contributed by atoms with Gasteiger partial charge in [0.25, 0.3) is 5.91 Å². The van der Waals surface area contributed by atoms with Gasteiger partial charge >= 0.3 is 6.18 Å². The number of anilines is 1. The van der Waals surface area contributed by atoms with E-state index < -0.39 is 29.2 Å². The van der Waals surface area contributed by atoms with Crippen molar-refractivity contribution in [2.75, 3.05) is 12.0 Å². The number of fused-ring (bicyclic) bond motifs is 3. The second kappa shape index (κ2) is 9.71. The topological polar surface area (TPSA) is 63.2 Å². The molecule has 36 heavy (non-hydrogen) atoms. The summed E-state index contributed by atoms with van der Waals surface area (Å²) in [4.78, 5) is 17.4. The highest BCUT2D eigenvalue weighted by Crippen LogP contribution is 2.42. The number of amides is 1. The molecule has 3 aromatic rings. The molecule has 2 atom stereocenters. The predicted molar refractivity (Wildman–Crippen MR) is 131 cm³/mol. The molecule has 0 spiro atoms. The van der Waals surface area contributed by atoms with E-state index >= 15 is 0 Å². The van der Waals surface area contributed by atoms with Crippen molar-refractivity contribution in [2.45, 2.75) is 45.0 Å². The fourth-order valence-electron chi connectivity index (χ4n) is 4.24. The average Bonchev–Trinajstić information content (AvgIpc) is 3.17. The molecule has 0 aliphatic carbocycles. The number of alkyl halides is 3. The first kappa shape index (κ1) is 25.9. The number of hydrogen-bond acceptors (Lipinski definition) is 4. The van der Waals surface area contributed by atoms with Gasteiger partial charge in [-0.2, -0.15) is 13.2 Å². The molecule has 2 aromatic carbocycles. The monoisotopic (exact) mass is 521 g/mol. The zero-order valence-electron chi connectivity index (χ0n) is 19.8. The first-order valence-corrected chi connectivity index (χ1v) is 11.6. The van der Waals surface area contributed by atoms with Gasteiger partial charge in [0.2, 0.25) is 0 Å². The summed E-state index contributed by atoms with van der Waals surface area (Å²) in [5.74, 6) is -0.886. The third-order valence-corrected chi connectivity index (χ3v) is 6.69. The summed E-state index contributed by atoms with van der Waals surface area (Å²) in [6, 6.07) is 8.33. The summed E-state index contributed by atoms with van der Waals surface area (Å²) in [5, 5.41) is 6.83. The van der Waals surface area contributed by atoms with Crippen LogP contribution >= 0.6 is 11.6 Å². The Balaban J connectivity index is 1.74. The zero-order valence-corrected chi connectivity index (χ0v) is 20.5. The Morgan fingerprint density at radius 2 is 2.03 bits per heavy atom. The van der Waals surface area contributed by atoms with Gasteiger partial charge < -0.3 is 15.4 Å². The van der Waals surface area contributed by atoms with Gasteiger partial charge in [0, 0.05) is 39.0 Å². The molecular formula is C26H24ClF4N3O2. The zero-order chi connectivity index (χ0) is 26.3. The Kier molecular flexibility index (Phi) is 6.99. The first-order chi connectivity index (χ1) is 16.9. The molecule has 0 saturated carbocycles. The van der Waals surface area contributed by atoms with Gasteiger partial charge in [0.15, 0.2) is 0 Å². The highest BCUT2D eigenvalue weighted by atomic mass is 35.5. The molecule has 1 aliphatic heterocycles. The third kappa shape index (κ3) is 5.03. The Morgan fingerprint density at radius 1 is 1.28 bits per heavy atom. The number of pyridine rings is 1. The van der Waals surface area contributed by atoms with Gasteiger partial charge in [-0.15, -0.1) is 0 Å². The number of benzene rings is 2. The van der Waals surface area contributed by atoms with E-state index in [9.17, 15) is 22.4 Å². The number of carbonyl (C=O) groups is 1. The minimum absolute atomic E-state index is 0.158. The summed E-state index contributed by atoms with van der Waals surface area (Å²) in [6.07, 6.45) is -1.52. The molecule has 190 valence electrons. The standard InChI is InChI=1S/C26H24ClF4N3O2/c1-4-25(3,12-14(2)26(29,30)31)36-13-33-20-11-19-16(6-5-9-32-19)21-22(20)23(34-24(21)35)17-10-15(28)7-8-18(17)27/h5-12,23,33H,4,13H2,1-3H3,(H,34,35)/b14-12+. The van der Waals surface area contributed by atoms with Crippen molar-refractivity contribution in [1.82, 2.24) is 10.3 Å². The summed E-state index contributed by atoms with van der Waals surface area (Å²) in [5.41, 5.74) is 0.318. The number of nitrogens with one attached hydrogen (secondary N) is 2. The molecule has 0 bridgehead atoms. The van der Waals surface area contributed by atoms with Crippen LogP contribution in [0.25, 0.3) is 10.9 Å². The molecule has 0 radical (unpaired) electrons. The Hall–Kier alpha value is -3.17. The summed E-state index contributed by atoms with van der Waals surface area (Å²) in [6.45, 7) is 4.13. The number of nitrogens with zero attached hydrogens (tertiary/aromatic N) is 1.